The fraction of sp³-hybridized carbons (Fsp3) is 1.00. The molecule has 30 heavy (non-hydrogen) atoms. The number of ether oxygens (including phenoxy) is 4. The highest BCUT2D eigenvalue weighted by Crippen LogP contribution is 1.90. The molecule has 0 heterocycles. The molecule has 8 heteroatoms. The second-order valence-corrected chi connectivity index (χ2v) is 5.53. The molecule has 1 N–H and O–H groups in total. The van der Waals surface area contributed by atoms with Crippen LogP contribution in [0, 0.1) is 0 Å². The average Bonchev–Trinajstić information content (AvgIpc) is 2.71. The Hall–Kier alpha value is -0.320. The minimum absolute atomic E-state index is 0. The SMILES string of the molecule is C.C.CC.CCC.CCCOCCOCCOCCOCCCON(C)CCOO. The Morgan fingerprint density at radius 2 is 1.03 bits per heavy atom. The van der Waals surface area contributed by atoms with E-state index in [1.807, 2.05) is 13.8 Å². The van der Waals surface area contributed by atoms with Gasteiger partial charge in [-0.3, -0.25) is 10.1 Å². The standard InChI is InChI=1S/C15H33NO7.C3H8.C2H6.2CH4/c1-3-6-18-10-12-20-14-15-21-13-11-19-7-4-8-22-16(2)5-9-23-17;1-3-2;1-2;;/h17H,3-15H2,1-2H3;3H2,1-2H3;1-2H3;2*1H4. The van der Waals surface area contributed by atoms with Gasteiger partial charge in [-0.15, -0.1) is 0 Å². The Kier molecular flexibility index (Phi) is 57.1. The summed E-state index contributed by atoms with van der Waals surface area (Å²) in [5, 5.41) is 9.81. The van der Waals surface area contributed by atoms with Crippen molar-refractivity contribution in [2.45, 2.75) is 68.7 Å². The Morgan fingerprint density at radius 1 is 0.633 bits per heavy atom. The van der Waals surface area contributed by atoms with Gasteiger partial charge in [0, 0.05) is 20.3 Å². The maximum absolute atomic E-state index is 8.19. The van der Waals surface area contributed by atoms with Crippen LogP contribution in [-0.4, -0.2) is 90.0 Å². The quantitative estimate of drug-likeness (QED) is 0.170. The summed E-state index contributed by atoms with van der Waals surface area (Å²) in [5.41, 5.74) is 0. The molecule has 0 unspecified atom stereocenters. The van der Waals surface area contributed by atoms with E-state index in [4.69, 9.17) is 29.0 Å². The average molecular weight is 446 g/mol. The van der Waals surface area contributed by atoms with Crippen LogP contribution in [0.2, 0.25) is 0 Å². The summed E-state index contributed by atoms with van der Waals surface area (Å²) in [6, 6.07) is 0. The molecule has 0 atom stereocenters. The monoisotopic (exact) mass is 445 g/mol. The van der Waals surface area contributed by atoms with Crippen LogP contribution in [-0.2, 0) is 28.7 Å². The van der Waals surface area contributed by atoms with Crippen molar-refractivity contribution >= 4 is 0 Å². The lowest BCUT2D eigenvalue weighted by Gasteiger charge is -2.15. The van der Waals surface area contributed by atoms with Crippen molar-refractivity contribution in [3.63, 3.8) is 0 Å². The first-order chi connectivity index (χ1) is 13.7. The molecule has 0 aromatic carbocycles. The summed E-state index contributed by atoms with van der Waals surface area (Å²) in [6.07, 6.45) is 3.08. The number of hydrogen-bond donors (Lipinski definition) is 1. The summed E-state index contributed by atoms with van der Waals surface area (Å²) in [5.74, 6) is 0. The molecule has 0 aliphatic rings. The molecular weight excluding hydrogens is 390 g/mol. The molecule has 0 radical (unpaired) electrons. The third kappa shape index (κ3) is 46.1. The van der Waals surface area contributed by atoms with Gasteiger partial charge in [-0.05, 0) is 12.8 Å². The Bertz CT molecular complexity index is 238. The van der Waals surface area contributed by atoms with Crippen molar-refractivity contribution in [3.8, 4) is 0 Å². The lowest BCUT2D eigenvalue weighted by atomic mass is 10.5. The van der Waals surface area contributed by atoms with Crippen LogP contribution in [0.25, 0.3) is 0 Å². The Morgan fingerprint density at radius 3 is 1.43 bits per heavy atom. The van der Waals surface area contributed by atoms with E-state index in [0.29, 0.717) is 59.4 Å². The van der Waals surface area contributed by atoms with Crippen molar-refractivity contribution in [1.29, 1.82) is 0 Å². The lowest BCUT2D eigenvalue weighted by molar-refractivity contribution is -0.257. The number of hydrogen-bond acceptors (Lipinski definition) is 8. The van der Waals surface area contributed by atoms with Gasteiger partial charge in [-0.25, -0.2) is 4.89 Å². The van der Waals surface area contributed by atoms with Crippen molar-refractivity contribution < 1.29 is 33.9 Å². The van der Waals surface area contributed by atoms with Gasteiger partial charge in [-0.2, -0.15) is 5.06 Å². The van der Waals surface area contributed by atoms with Crippen LogP contribution in [0.15, 0.2) is 0 Å². The van der Waals surface area contributed by atoms with E-state index in [2.05, 4.69) is 25.7 Å². The largest absolute Gasteiger partial charge is 0.379 e. The van der Waals surface area contributed by atoms with Gasteiger partial charge in [0.15, 0.2) is 0 Å². The first-order valence-electron chi connectivity index (χ1n) is 10.6. The van der Waals surface area contributed by atoms with Gasteiger partial charge >= 0.3 is 0 Å². The van der Waals surface area contributed by atoms with E-state index in [-0.39, 0.29) is 21.5 Å². The van der Waals surface area contributed by atoms with E-state index >= 15 is 0 Å². The van der Waals surface area contributed by atoms with Crippen LogP contribution in [0.4, 0.5) is 0 Å². The minimum atomic E-state index is 0. The minimum Gasteiger partial charge on any atom is -0.379 e. The van der Waals surface area contributed by atoms with E-state index in [1.54, 1.807) is 12.1 Å². The fourth-order valence-corrected chi connectivity index (χ4v) is 1.52. The van der Waals surface area contributed by atoms with Crippen molar-refractivity contribution in [2.24, 2.45) is 0 Å². The first-order valence-corrected chi connectivity index (χ1v) is 10.6. The molecular formula is C22H55NO7. The number of rotatable bonds is 19. The normalized spacial score (nSPS) is 9.60. The Labute approximate surface area is 188 Å². The summed E-state index contributed by atoms with van der Waals surface area (Å²) in [7, 11) is 1.78. The van der Waals surface area contributed by atoms with E-state index in [9.17, 15) is 0 Å². The van der Waals surface area contributed by atoms with E-state index < -0.39 is 0 Å². The van der Waals surface area contributed by atoms with Crippen LogP contribution in [0.1, 0.15) is 68.7 Å². The number of hydroxylamine groups is 2. The molecule has 0 aromatic heterocycles. The second-order valence-electron chi connectivity index (χ2n) is 5.53. The van der Waals surface area contributed by atoms with Gasteiger partial charge in [0.05, 0.1) is 59.4 Å². The molecule has 0 saturated heterocycles. The molecule has 0 fully saturated rings. The third-order valence-electron chi connectivity index (χ3n) is 2.71. The van der Waals surface area contributed by atoms with Crippen LogP contribution >= 0.6 is 0 Å². The summed E-state index contributed by atoms with van der Waals surface area (Å²) in [4.78, 5) is 9.32. The number of nitrogens with zero attached hydrogens (tertiary/aromatic N) is 1. The third-order valence-corrected chi connectivity index (χ3v) is 2.71. The second kappa shape index (κ2) is 42.7. The molecule has 190 valence electrons. The van der Waals surface area contributed by atoms with Gasteiger partial charge in [0.1, 0.15) is 0 Å². The summed E-state index contributed by atoms with van der Waals surface area (Å²) in [6.45, 7) is 16.6. The lowest BCUT2D eigenvalue weighted by Crippen LogP contribution is -2.24. The van der Waals surface area contributed by atoms with Crippen molar-refractivity contribution in [3.05, 3.63) is 0 Å². The molecule has 0 amide bonds. The maximum Gasteiger partial charge on any atom is 0.0969 e. The topological polar surface area (TPSA) is 78.9 Å². The molecule has 0 saturated carbocycles. The highest BCUT2D eigenvalue weighted by Gasteiger charge is 1.98. The highest BCUT2D eigenvalue weighted by molar-refractivity contribution is 4.38. The van der Waals surface area contributed by atoms with Crippen molar-refractivity contribution in [2.75, 3.05) is 79.7 Å². The first kappa shape index (κ1) is 40.1. The molecule has 0 bridgehead atoms. The predicted molar refractivity (Wildman–Crippen MR) is 126 cm³/mol. The number of likely N-dealkylation sites (N-methyl/N-ethyl adjacent to an activating group) is 1. The maximum atomic E-state index is 8.19. The van der Waals surface area contributed by atoms with Gasteiger partial charge in [-0.1, -0.05) is 55.9 Å². The highest BCUT2D eigenvalue weighted by atomic mass is 17.1. The summed E-state index contributed by atoms with van der Waals surface area (Å²) >= 11 is 0. The van der Waals surface area contributed by atoms with Gasteiger partial charge in [0.25, 0.3) is 0 Å². The molecule has 0 rings (SSSR count). The molecule has 0 aliphatic heterocycles. The van der Waals surface area contributed by atoms with Gasteiger partial charge in [0.2, 0.25) is 0 Å². The van der Waals surface area contributed by atoms with Crippen LogP contribution < -0.4 is 0 Å². The smallest absolute Gasteiger partial charge is 0.0969 e. The van der Waals surface area contributed by atoms with Crippen LogP contribution in [0.5, 0.6) is 0 Å². The Balaban J connectivity index is -0.000000271. The molecule has 8 nitrogen and oxygen atoms in total. The summed E-state index contributed by atoms with van der Waals surface area (Å²) < 4.78 is 21.4. The fourth-order valence-electron chi connectivity index (χ4n) is 1.52. The van der Waals surface area contributed by atoms with Crippen LogP contribution in [0.3, 0.4) is 0 Å². The van der Waals surface area contributed by atoms with E-state index in [1.165, 1.54) is 6.42 Å². The molecule has 0 aromatic rings. The molecule has 0 spiro atoms. The zero-order valence-electron chi connectivity index (χ0n) is 19.2. The van der Waals surface area contributed by atoms with Gasteiger partial charge < -0.3 is 18.9 Å². The zero-order chi connectivity index (χ0) is 21.7. The predicted octanol–water partition coefficient (Wildman–Crippen LogP) is 4.92. The van der Waals surface area contributed by atoms with E-state index in [0.717, 1.165) is 19.4 Å². The van der Waals surface area contributed by atoms with Crippen molar-refractivity contribution in [1.82, 2.24) is 5.06 Å². The molecule has 0 aliphatic carbocycles. The zero-order valence-corrected chi connectivity index (χ0v) is 19.2.